The number of amides is 1. The largest absolute Gasteiger partial charge is 0.480 e. The Kier molecular flexibility index (Phi) is 4.68. The minimum absolute atomic E-state index is 0.0386. The summed E-state index contributed by atoms with van der Waals surface area (Å²) in [5.41, 5.74) is 0.403. The van der Waals surface area contributed by atoms with E-state index in [2.05, 4.69) is 5.32 Å². The van der Waals surface area contributed by atoms with E-state index in [0.29, 0.717) is 23.7 Å². The highest BCUT2D eigenvalue weighted by Gasteiger charge is 2.30. The lowest BCUT2D eigenvalue weighted by atomic mass is 10.2. The Morgan fingerprint density at radius 3 is 3.15 bits per heavy atom. The summed E-state index contributed by atoms with van der Waals surface area (Å²) >= 11 is 1.26. The molecular weight excluding hydrogens is 282 g/mol. The highest BCUT2D eigenvalue weighted by atomic mass is 32.1. The molecule has 1 saturated heterocycles. The summed E-state index contributed by atoms with van der Waals surface area (Å²) in [4.78, 5) is 24.6. The van der Waals surface area contributed by atoms with Gasteiger partial charge < -0.3 is 15.2 Å². The number of hydrogen-bond donors (Lipinski definition) is 2. The predicted molar refractivity (Wildman–Crippen MR) is 71.5 cm³/mol. The Balaban J connectivity index is 1.97. The van der Waals surface area contributed by atoms with Gasteiger partial charge in [-0.15, -0.1) is 11.3 Å². The molecule has 1 aromatic heterocycles. The fraction of sp³-hybridized carbons (Fsp3) is 0.417. The van der Waals surface area contributed by atoms with Crippen molar-refractivity contribution in [1.82, 2.24) is 4.90 Å². The van der Waals surface area contributed by atoms with Gasteiger partial charge in [0, 0.05) is 6.54 Å². The third-order valence-electron chi connectivity index (χ3n) is 2.91. The van der Waals surface area contributed by atoms with E-state index in [4.69, 9.17) is 15.1 Å². The van der Waals surface area contributed by atoms with Gasteiger partial charge in [0.25, 0.3) is 0 Å². The fourth-order valence-electron chi connectivity index (χ4n) is 1.90. The molecule has 1 aliphatic rings. The summed E-state index contributed by atoms with van der Waals surface area (Å²) in [6.07, 6.45) is 0. The van der Waals surface area contributed by atoms with Crippen molar-refractivity contribution in [3.63, 3.8) is 0 Å². The van der Waals surface area contributed by atoms with Crippen LogP contribution in [-0.2, 0) is 14.3 Å². The summed E-state index contributed by atoms with van der Waals surface area (Å²) in [5.74, 6) is -1.34. The lowest BCUT2D eigenvalue weighted by Crippen LogP contribution is -2.52. The summed E-state index contributed by atoms with van der Waals surface area (Å²) < 4.78 is 5.10. The number of ether oxygens (including phenoxy) is 1. The zero-order valence-corrected chi connectivity index (χ0v) is 11.4. The number of rotatable bonds is 4. The maximum atomic E-state index is 11.9. The normalized spacial score (nSPS) is 19.2. The second-order valence-corrected chi connectivity index (χ2v) is 5.14. The number of hydrogen-bond acceptors (Lipinski definition) is 6. The van der Waals surface area contributed by atoms with Crippen LogP contribution in [-0.4, -0.2) is 54.2 Å². The van der Waals surface area contributed by atoms with Gasteiger partial charge in [-0.3, -0.25) is 14.5 Å². The summed E-state index contributed by atoms with van der Waals surface area (Å²) in [6, 6.07) is 2.79. The van der Waals surface area contributed by atoms with Crippen LogP contribution in [0.5, 0.6) is 0 Å². The first-order valence-corrected chi connectivity index (χ1v) is 6.82. The molecule has 1 atom stereocenters. The van der Waals surface area contributed by atoms with E-state index in [-0.39, 0.29) is 19.1 Å². The van der Waals surface area contributed by atoms with Gasteiger partial charge in [0.05, 0.1) is 25.3 Å². The first kappa shape index (κ1) is 14.5. The molecule has 0 bridgehead atoms. The van der Waals surface area contributed by atoms with Crippen molar-refractivity contribution in [2.45, 2.75) is 6.04 Å². The van der Waals surface area contributed by atoms with Gasteiger partial charge in [-0.05, 0) is 11.4 Å². The number of carboxylic acid groups (broad SMARTS) is 1. The van der Waals surface area contributed by atoms with Gasteiger partial charge in [0.15, 0.2) is 0 Å². The van der Waals surface area contributed by atoms with Crippen LogP contribution >= 0.6 is 11.3 Å². The summed E-state index contributed by atoms with van der Waals surface area (Å²) in [7, 11) is 0. The molecule has 0 radical (unpaired) electrons. The number of carbonyl (C=O) groups excluding carboxylic acids is 1. The van der Waals surface area contributed by atoms with Gasteiger partial charge in [-0.25, -0.2) is 0 Å². The van der Waals surface area contributed by atoms with Crippen LogP contribution in [0.2, 0.25) is 0 Å². The maximum absolute atomic E-state index is 11.9. The highest BCUT2D eigenvalue weighted by Crippen LogP contribution is 2.22. The number of carbonyl (C=O) groups is 2. The van der Waals surface area contributed by atoms with Crippen molar-refractivity contribution in [3.05, 3.63) is 17.0 Å². The lowest BCUT2D eigenvalue weighted by Gasteiger charge is -2.31. The highest BCUT2D eigenvalue weighted by molar-refractivity contribution is 7.14. The first-order valence-electron chi connectivity index (χ1n) is 5.94. The number of morpholine rings is 1. The van der Waals surface area contributed by atoms with Crippen molar-refractivity contribution in [1.29, 1.82) is 5.26 Å². The molecule has 1 aliphatic heterocycles. The smallest absolute Gasteiger partial charge is 0.323 e. The summed E-state index contributed by atoms with van der Waals surface area (Å²) in [6.45, 7) is 0.827. The van der Waals surface area contributed by atoms with E-state index in [1.807, 2.05) is 6.07 Å². The van der Waals surface area contributed by atoms with Crippen LogP contribution in [0.15, 0.2) is 11.4 Å². The molecule has 0 spiro atoms. The molecule has 0 aliphatic carbocycles. The Labute approximate surface area is 119 Å². The van der Waals surface area contributed by atoms with Crippen molar-refractivity contribution in [2.75, 3.05) is 31.6 Å². The van der Waals surface area contributed by atoms with Crippen molar-refractivity contribution in [2.24, 2.45) is 0 Å². The summed E-state index contributed by atoms with van der Waals surface area (Å²) in [5, 5.41) is 22.7. The maximum Gasteiger partial charge on any atom is 0.323 e. The molecule has 0 aromatic carbocycles. The molecular formula is C12H13N3O4S. The molecule has 8 heteroatoms. The van der Waals surface area contributed by atoms with Gasteiger partial charge >= 0.3 is 5.97 Å². The molecule has 1 fully saturated rings. The average molecular weight is 295 g/mol. The Morgan fingerprint density at radius 2 is 2.45 bits per heavy atom. The second kappa shape index (κ2) is 6.47. The van der Waals surface area contributed by atoms with Gasteiger partial charge in [0.1, 0.15) is 17.1 Å². The molecule has 2 heterocycles. The van der Waals surface area contributed by atoms with Crippen molar-refractivity contribution >= 4 is 28.2 Å². The quantitative estimate of drug-likeness (QED) is 0.830. The number of nitrogens with one attached hydrogen (secondary N) is 1. The topological polar surface area (TPSA) is 103 Å². The number of aliphatic carboxylic acids is 1. The molecule has 2 N–H and O–H groups in total. The molecule has 1 aromatic rings. The van der Waals surface area contributed by atoms with Crippen LogP contribution in [0.3, 0.4) is 0 Å². The van der Waals surface area contributed by atoms with Gasteiger partial charge in [-0.2, -0.15) is 5.26 Å². The molecule has 0 saturated carbocycles. The second-order valence-electron chi connectivity index (χ2n) is 4.22. The van der Waals surface area contributed by atoms with Crippen LogP contribution < -0.4 is 5.32 Å². The number of anilines is 1. The van der Waals surface area contributed by atoms with Crippen LogP contribution in [0.1, 0.15) is 5.56 Å². The molecule has 1 amide bonds. The number of thiophene rings is 1. The fourth-order valence-corrected chi connectivity index (χ4v) is 2.65. The zero-order valence-electron chi connectivity index (χ0n) is 10.5. The minimum Gasteiger partial charge on any atom is -0.480 e. The Morgan fingerprint density at radius 1 is 1.65 bits per heavy atom. The van der Waals surface area contributed by atoms with Crippen LogP contribution in [0.25, 0.3) is 0 Å². The van der Waals surface area contributed by atoms with Gasteiger partial charge in [0.2, 0.25) is 5.91 Å². The van der Waals surface area contributed by atoms with E-state index >= 15 is 0 Å². The van der Waals surface area contributed by atoms with Gasteiger partial charge in [-0.1, -0.05) is 0 Å². The van der Waals surface area contributed by atoms with Crippen LogP contribution in [0.4, 0.5) is 5.00 Å². The van der Waals surface area contributed by atoms with E-state index in [1.54, 1.807) is 16.3 Å². The van der Waals surface area contributed by atoms with E-state index in [0.717, 1.165) is 0 Å². The molecule has 2 rings (SSSR count). The Bertz CT molecular complexity index is 551. The van der Waals surface area contributed by atoms with E-state index in [1.165, 1.54) is 11.3 Å². The van der Waals surface area contributed by atoms with Crippen LogP contribution in [0, 0.1) is 11.3 Å². The number of carboxylic acids is 1. The monoisotopic (exact) mass is 295 g/mol. The first-order chi connectivity index (χ1) is 9.61. The molecule has 7 nitrogen and oxygen atoms in total. The number of nitriles is 1. The third kappa shape index (κ3) is 3.33. The van der Waals surface area contributed by atoms with E-state index in [9.17, 15) is 9.59 Å². The minimum atomic E-state index is -1.01. The zero-order chi connectivity index (χ0) is 14.5. The predicted octanol–water partition coefficient (Wildman–Crippen LogP) is 0.344. The molecule has 20 heavy (non-hydrogen) atoms. The average Bonchev–Trinajstić information content (AvgIpc) is 2.86. The third-order valence-corrected chi connectivity index (χ3v) is 3.74. The Hall–Kier alpha value is -1.95. The molecule has 106 valence electrons. The standard InChI is InChI=1S/C12H13N3O4S/c13-5-8-1-4-20-11(8)14-10(16)6-15-2-3-19-7-9(15)12(17)18/h1,4,9H,2-3,6-7H2,(H,14,16)(H,17,18). The number of nitrogens with zero attached hydrogens (tertiary/aromatic N) is 2. The SMILES string of the molecule is N#Cc1ccsc1NC(=O)CN1CCOCC1C(=O)O. The van der Waals surface area contributed by atoms with Crippen molar-refractivity contribution in [3.8, 4) is 6.07 Å². The van der Waals surface area contributed by atoms with E-state index < -0.39 is 12.0 Å². The molecule has 1 unspecified atom stereocenters. The van der Waals surface area contributed by atoms with Crippen molar-refractivity contribution < 1.29 is 19.4 Å². The lowest BCUT2D eigenvalue weighted by molar-refractivity contribution is -0.150.